The lowest BCUT2D eigenvalue weighted by Crippen LogP contribution is -2.11. The van der Waals surface area contributed by atoms with Crippen molar-refractivity contribution in [1.82, 2.24) is 0 Å². The average molecular weight is 270 g/mol. The number of carbonyl (C=O) groups excluding carboxylic acids is 1. The highest BCUT2D eigenvalue weighted by Gasteiger charge is 2.32. The lowest BCUT2D eigenvalue weighted by molar-refractivity contribution is 0.0975. The number of Topliss-reactive ketones (excluding diaryl/α,β-unsaturated/α-hetero) is 1. The maximum absolute atomic E-state index is 11.6. The second-order valence-electron chi connectivity index (χ2n) is 3.33. The molecule has 1 aromatic carbocycles. The van der Waals surface area contributed by atoms with Crippen molar-refractivity contribution in [2.75, 3.05) is 7.11 Å². The Balaban J connectivity index is 2.51. The van der Waals surface area contributed by atoms with Gasteiger partial charge < -0.3 is 4.74 Å². The van der Waals surface area contributed by atoms with Gasteiger partial charge in [0.05, 0.1) is 11.6 Å². The summed E-state index contributed by atoms with van der Waals surface area (Å²) in [5.74, 6) is 0.455. The van der Waals surface area contributed by atoms with Crippen LogP contribution in [-0.2, 0) is 6.42 Å². The summed E-state index contributed by atoms with van der Waals surface area (Å²) in [6.45, 7) is 0. The van der Waals surface area contributed by atoms with Gasteiger partial charge in [0.1, 0.15) is 5.75 Å². The summed E-state index contributed by atoms with van der Waals surface area (Å²) in [7, 11) is 1.55. The highest BCUT2D eigenvalue weighted by molar-refractivity contribution is 9.10. The molecular formula is C10H8BrNO3. The van der Waals surface area contributed by atoms with E-state index in [4.69, 9.17) is 4.74 Å². The van der Waals surface area contributed by atoms with Crippen LogP contribution in [0.15, 0.2) is 21.8 Å². The molecule has 0 saturated carbocycles. The van der Waals surface area contributed by atoms with Crippen LogP contribution in [0.25, 0.3) is 0 Å². The zero-order chi connectivity index (χ0) is 11.0. The molecule has 1 aliphatic carbocycles. The molecule has 0 amide bonds. The fourth-order valence-electron chi connectivity index (χ4n) is 1.72. The van der Waals surface area contributed by atoms with Gasteiger partial charge in [0.15, 0.2) is 11.8 Å². The van der Waals surface area contributed by atoms with Crippen molar-refractivity contribution >= 4 is 21.7 Å². The Morgan fingerprint density at radius 3 is 2.87 bits per heavy atom. The van der Waals surface area contributed by atoms with Gasteiger partial charge in [0.2, 0.25) is 0 Å². The third kappa shape index (κ3) is 1.56. The van der Waals surface area contributed by atoms with E-state index in [2.05, 4.69) is 21.1 Å². The third-order valence-electron chi connectivity index (χ3n) is 2.49. The lowest BCUT2D eigenvalue weighted by atomic mass is 10.1. The van der Waals surface area contributed by atoms with Crippen molar-refractivity contribution < 1.29 is 9.53 Å². The molecule has 0 aromatic heterocycles. The molecule has 1 aromatic rings. The maximum atomic E-state index is 11.6. The number of ether oxygens (including phenoxy) is 1. The van der Waals surface area contributed by atoms with E-state index in [9.17, 15) is 9.70 Å². The van der Waals surface area contributed by atoms with Crippen molar-refractivity contribution in [3.05, 3.63) is 32.6 Å². The average Bonchev–Trinajstić information content (AvgIpc) is 2.54. The van der Waals surface area contributed by atoms with E-state index >= 15 is 0 Å². The number of carbonyl (C=O) groups is 1. The molecule has 0 bridgehead atoms. The summed E-state index contributed by atoms with van der Waals surface area (Å²) in [5, 5.41) is 2.81. The van der Waals surface area contributed by atoms with Crippen molar-refractivity contribution in [3.63, 3.8) is 0 Å². The van der Waals surface area contributed by atoms with Gasteiger partial charge in [-0.1, -0.05) is 5.18 Å². The molecule has 15 heavy (non-hydrogen) atoms. The summed E-state index contributed by atoms with van der Waals surface area (Å²) < 4.78 is 5.82. The van der Waals surface area contributed by atoms with Crippen molar-refractivity contribution in [3.8, 4) is 5.75 Å². The Bertz CT molecular complexity index is 445. The smallest absolute Gasteiger partial charge is 0.191 e. The van der Waals surface area contributed by atoms with Gasteiger partial charge in [-0.3, -0.25) is 4.79 Å². The van der Waals surface area contributed by atoms with Gasteiger partial charge in [-0.15, -0.1) is 0 Å². The van der Waals surface area contributed by atoms with Gasteiger partial charge in [-0.05, 0) is 33.6 Å². The third-order valence-corrected chi connectivity index (χ3v) is 3.11. The molecule has 0 fully saturated rings. The first-order valence-corrected chi connectivity index (χ1v) is 5.19. The van der Waals surface area contributed by atoms with Crippen LogP contribution in [-0.4, -0.2) is 18.9 Å². The number of ketones is 1. The van der Waals surface area contributed by atoms with Crippen molar-refractivity contribution in [2.24, 2.45) is 5.18 Å². The highest BCUT2D eigenvalue weighted by Crippen LogP contribution is 2.33. The number of rotatable bonds is 2. The maximum Gasteiger partial charge on any atom is 0.191 e. The zero-order valence-corrected chi connectivity index (χ0v) is 9.58. The molecule has 1 atom stereocenters. The Morgan fingerprint density at radius 1 is 1.53 bits per heavy atom. The van der Waals surface area contributed by atoms with Crippen molar-refractivity contribution in [1.29, 1.82) is 0 Å². The summed E-state index contributed by atoms with van der Waals surface area (Å²) in [4.78, 5) is 22.0. The standard InChI is InChI=1S/C10H8BrNO3/c1-15-9-3-5-2-8(12-14)10(13)6(5)4-7(9)11/h3-4,8H,2H2,1H3. The second-order valence-corrected chi connectivity index (χ2v) is 4.19. The number of methoxy groups -OCH3 is 1. The van der Waals surface area contributed by atoms with Gasteiger partial charge in [-0.2, -0.15) is 4.91 Å². The molecule has 0 N–H and O–H groups in total. The molecule has 5 heteroatoms. The van der Waals surface area contributed by atoms with Crippen LogP contribution in [0.1, 0.15) is 15.9 Å². The van der Waals surface area contributed by atoms with E-state index < -0.39 is 6.04 Å². The first-order chi connectivity index (χ1) is 7.17. The number of nitrogens with zero attached hydrogens (tertiary/aromatic N) is 1. The SMILES string of the molecule is COc1cc2c(cc1Br)C(=O)C(N=O)C2. The van der Waals surface area contributed by atoms with Crippen LogP contribution < -0.4 is 4.74 Å². The van der Waals surface area contributed by atoms with Crippen LogP contribution in [0.3, 0.4) is 0 Å². The highest BCUT2D eigenvalue weighted by atomic mass is 79.9. The van der Waals surface area contributed by atoms with Gasteiger partial charge in [0.25, 0.3) is 0 Å². The molecule has 0 spiro atoms. The molecule has 0 saturated heterocycles. The predicted octanol–water partition coefficient (Wildman–Crippen LogP) is 2.33. The normalized spacial score (nSPS) is 18.8. The number of hydrogen-bond acceptors (Lipinski definition) is 4. The molecule has 4 nitrogen and oxygen atoms in total. The number of nitroso groups, excluding NO2 is 1. The second kappa shape index (κ2) is 3.73. The molecule has 1 unspecified atom stereocenters. The minimum atomic E-state index is -0.765. The number of benzene rings is 1. The Morgan fingerprint density at radius 2 is 2.27 bits per heavy atom. The first kappa shape index (κ1) is 10.3. The fourth-order valence-corrected chi connectivity index (χ4v) is 2.22. The van der Waals surface area contributed by atoms with Crippen LogP contribution in [0.2, 0.25) is 0 Å². The fraction of sp³-hybridized carbons (Fsp3) is 0.300. The predicted molar refractivity (Wildman–Crippen MR) is 58.3 cm³/mol. The van der Waals surface area contributed by atoms with E-state index in [0.717, 1.165) is 5.56 Å². The van der Waals surface area contributed by atoms with E-state index in [1.54, 1.807) is 19.2 Å². The molecule has 1 aliphatic rings. The number of fused-ring (bicyclic) bond motifs is 1. The van der Waals surface area contributed by atoms with Crippen molar-refractivity contribution in [2.45, 2.75) is 12.5 Å². The minimum absolute atomic E-state index is 0.205. The number of halogens is 1. The van der Waals surface area contributed by atoms with Gasteiger partial charge >= 0.3 is 0 Å². The quantitative estimate of drug-likeness (QED) is 0.775. The minimum Gasteiger partial charge on any atom is -0.496 e. The molecule has 78 valence electrons. The topological polar surface area (TPSA) is 55.7 Å². The van der Waals surface area contributed by atoms with Gasteiger partial charge in [0, 0.05) is 12.0 Å². The largest absolute Gasteiger partial charge is 0.496 e. The molecule has 0 heterocycles. The summed E-state index contributed by atoms with van der Waals surface area (Å²) in [6.07, 6.45) is 0.376. The van der Waals surface area contributed by atoms with E-state index in [1.807, 2.05) is 0 Å². The van der Waals surface area contributed by atoms with E-state index in [1.165, 1.54) is 0 Å². The number of hydrogen-bond donors (Lipinski definition) is 0. The monoisotopic (exact) mass is 269 g/mol. The Kier molecular flexibility index (Phi) is 2.56. The van der Waals surface area contributed by atoms with E-state index in [0.29, 0.717) is 22.2 Å². The Hall–Kier alpha value is -1.23. The molecule has 0 aliphatic heterocycles. The molecular weight excluding hydrogens is 262 g/mol. The summed E-state index contributed by atoms with van der Waals surface area (Å²) >= 11 is 3.29. The van der Waals surface area contributed by atoms with Crippen LogP contribution >= 0.6 is 15.9 Å². The van der Waals surface area contributed by atoms with E-state index in [-0.39, 0.29) is 5.78 Å². The summed E-state index contributed by atoms with van der Waals surface area (Å²) in [5.41, 5.74) is 1.39. The first-order valence-electron chi connectivity index (χ1n) is 4.40. The van der Waals surface area contributed by atoms with Crippen LogP contribution in [0, 0.1) is 4.91 Å². The molecule has 2 rings (SSSR count). The summed E-state index contributed by atoms with van der Waals surface area (Å²) in [6, 6.07) is 2.68. The van der Waals surface area contributed by atoms with Crippen LogP contribution in [0.5, 0.6) is 5.75 Å². The molecule has 0 radical (unpaired) electrons. The lowest BCUT2D eigenvalue weighted by Gasteiger charge is -2.05. The zero-order valence-electron chi connectivity index (χ0n) is 7.99. The van der Waals surface area contributed by atoms with Gasteiger partial charge in [-0.25, -0.2) is 0 Å². The Labute approximate surface area is 94.7 Å². The van der Waals surface area contributed by atoms with Crippen LogP contribution in [0.4, 0.5) is 0 Å².